The van der Waals surface area contributed by atoms with Gasteiger partial charge in [-0.3, -0.25) is 14.2 Å². The summed E-state index contributed by atoms with van der Waals surface area (Å²) in [7, 11) is 3.02. The molecule has 0 aliphatic carbocycles. The monoisotopic (exact) mass is 368 g/mol. The van der Waals surface area contributed by atoms with Crippen molar-refractivity contribution in [3.05, 3.63) is 52.7 Å². The number of nitrogens with zero attached hydrogens (tertiary/aromatic N) is 3. The molecule has 3 aromatic rings. The Morgan fingerprint density at radius 3 is 2.63 bits per heavy atom. The van der Waals surface area contributed by atoms with E-state index in [1.54, 1.807) is 18.2 Å². The fraction of sp³-hybridized carbons (Fsp3) is 0.263. The minimum atomic E-state index is -0.248. The van der Waals surface area contributed by atoms with Crippen LogP contribution in [-0.4, -0.2) is 34.7 Å². The molecular formula is C19H20N4O4. The molecule has 0 unspecified atom stereocenters. The molecule has 0 aliphatic rings. The minimum Gasteiger partial charge on any atom is -0.493 e. The molecule has 8 nitrogen and oxygen atoms in total. The number of ether oxygens (including phenoxy) is 2. The van der Waals surface area contributed by atoms with Gasteiger partial charge in [0.25, 0.3) is 5.56 Å². The van der Waals surface area contributed by atoms with Crippen molar-refractivity contribution < 1.29 is 14.3 Å². The highest BCUT2D eigenvalue weighted by atomic mass is 16.5. The van der Waals surface area contributed by atoms with Crippen LogP contribution >= 0.6 is 0 Å². The van der Waals surface area contributed by atoms with Gasteiger partial charge in [-0.05, 0) is 25.1 Å². The van der Waals surface area contributed by atoms with Gasteiger partial charge < -0.3 is 14.8 Å². The number of hydrogen-bond acceptors (Lipinski definition) is 6. The molecule has 3 rings (SSSR count). The molecule has 0 saturated carbocycles. The van der Waals surface area contributed by atoms with Crippen LogP contribution in [0.25, 0.3) is 10.9 Å². The molecule has 2 aromatic heterocycles. The molecule has 0 spiro atoms. The van der Waals surface area contributed by atoms with Gasteiger partial charge in [-0.25, -0.2) is 9.97 Å². The predicted molar refractivity (Wildman–Crippen MR) is 101 cm³/mol. The number of benzene rings is 1. The van der Waals surface area contributed by atoms with Crippen molar-refractivity contribution >= 4 is 22.6 Å². The Balaban J connectivity index is 1.78. The fourth-order valence-corrected chi connectivity index (χ4v) is 2.68. The molecule has 2 heterocycles. The Bertz CT molecular complexity index is 1050. The number of rotatable bonds is 6. The van der Waals surface area contributed by atoms with E-state index in [-0.39, 0.29) is 24.4 Å². The van der Waals surface area contributed by atoms with Crippen LogP contribution in [0, 0.1) is 6.92 Å². The number of pyridine rings is 1. The Labute approximate surface area is 155 Å². The average Bonchev–Trinajstić information content (AvgIpc) is 2.66. The highest BCUT2D eigenvalue weighted by molar-refractivity contribution is 5.89. The fourth-order valence-electron chi connectivity index (χ4n) is 2.68. The van der Waals surface area contributed by atoms with Crippen molar-refractivity contribution in [3.63, 3.8) is 0 Å². The molecule has 0 saturated heterocycles. The smallest absolute Gasteiger partial charge is 0.261 e. The molecule has 0 fully saturated rings. The van der Waals surface area contributed by atoms with E-state index in [1.807, 2.05) is 19.1 Å². The molecule has 27 heavy (non-hydrogen) atoms. The lowest BCUT2D eigenvalue weighted by Crippen LogP contribution is -2.24. The van der Waals surface area contributed by atoms with Crippen molar-refractivity contribution in [1.29, 1.82) is 0 Å². The summed E-state index contributed by atoms with van der Waals surface area (Å²) in [5.74, 6) is 1.21. The van der Waals surface area contributed by atoms with Crippen LogP contribution in [0.3, 0.4) is 0 Å². The van der Waals surface area contributed by atoms with E-state index in [2.05, 4.69) is 15.3 Å². The molecule has 1 aromatic carbocycles. The largest absolute Gasteiger partial charge is 0.493 e. The van der Waals surface area contributed by atoms with Crippen molar-refractivity contribution in [2.75, 3.05) is 19.5 Å². The molecule has 0 atom stereocenters. The summed E-state index contributed by atoms with van der Waals surface area (Å²) in [6, 6.07) is 8.62. The standard InChI is InChI=1S/C19H20N4O4/c1-12-5-4-6-17(21-12)22-18(24)7-8-23-11-20-14-10-16(27-3)15(26-2)9-13(14)19(23)25/h4-6,9-11H,7-8H2,1-3H3,(H,21,22,24). The lowest BCUT2D eigenvalue weighted by Gasteiger charge is -2.10. The Morgan fingerprint density at radius 2 is 1.93 bits per heavy atom. The summed E-state index contributed by atoms with van der Waals surface area (Å²) >= 11 is 0. The van der Waals surface area contributed by atoms with Crippen LogP contribution < -0.4 is 20.3 Å². The van der Waals surface area contributed by atoms with Gasteiger partial charge in [0.05, 0.1) is 31.4 Å². The van der Waals surface area contributed by atoms with E-state index in [0.29, 0.717) is 28.2 Å². The van der Waals surface area contributed by atoms with Gasteiger partial charge in [0.2, 0.25) is 5.91 Å². The second-order valence-corrected chi connectivity index (χ2v) is 5.93. The first-order chi connectivity index (χ1) is 13.0. The summed E-state index contributed by atoms with van der Waals surface area (Å²) in [5, 5.41) is 3.12. The third kappa shape index (κ3) is 4.05. The van der Waals surface area contributed by atoms with Gasteiger partial charge in [-0.2, -0.15) is 0 Å². The predicted octanol–water partition coefficient (Wildman–Crippen LogP) is 2.15. The van der Waals surface area contributed by atoms with Crippen LogP contribution in [0.4, 0.5) is 5.82 Å². The number of hydrogen-bond donors (Lipinski definition) is 1. The van der Waals surface area contributed by atoms with Crippen LogP contribution in [0.15, 0.2) is 41.5 Å². The van der Waals surface area contributed by atoms with Crippen molar-refractivity contribution in [2.24, 2.45) is 0 Å². The number of fused-ring (bicyclic) bond motifs is 1. The molecule has 0 radical (unpaired) electrons. The van der Waals surface area contributed by atoms with E-state index in [9.17, 15) is 9.59 Å². The quantitative estimate of drug-likeness (QED) is 0.716. The van der Waals surface area contributed by atoms with E-state index >= 15 is 0 Å². The summed E-state index contributed by atoms with van der Waals surface area (Å²) in [6.07, 6.45) is 1.55. The molecule has 0 aliphatic heterocycles. The van der Waals surface area contributed by atoms with E-state index in [4.69, 9.17) is 9.47 Å². The first-order valence-electron chi connectivity index (χ1n) is 8.36. The Kier molecular flexibility index (Phi) is 5.35. The van der Waals surface area contributed by atoms with Crippen molar-refractivity contribution in [3.8, 4) is 11.5 Å². The van der Waals surface area contributed by atoms with Crippen molar-refractivity contribution in [1.82, 2.24) is 14.5 Å². The van der Waals surface area contributed by atoms with E-state index in [0.717, 1.165) is 5.69 Å². The van der Waals surface area contributed by atoms with Crippen molar-refractivity contribution in [2.45, 2.75) is 19.9 Å². The molecule has 140 valence electrons. The number of aromatic nitrogens is 3. The number of methoxy groups -OCH3 is 2. The zero-order chi connectivity index (χ0) is 19.4. The van der Waals surface area contributed by atoms with Crippen LogP contribution in [0.1, 0.15) is 12.1 Å². The maximum atomic E-state index is 12.7. The number of aryl methyl sites for hydroxylation is 2. The van der Waals surface area contributed by atoms with Crippen LogP contribution in [0.2, 0.25) is 0 Å². The second-order valence-electron chi connectivity index (χ2n) is 5.93. The lowest BCUT2D eigenvalue weighted by molar-refractivity contribution is -0.116. The highest BCUT2D eigenvalue weighted by Crippen LogP contribution is 2.29. The average molecular weight is 368 g/mol. The lowest BCUT2D eigenvalue weighted by atomic mass is 10.2. The van der Waals surface area contributed by atoms with Gasteiger partial charge in [-0.15, -0.1) is 0 Å². The maximum Gasteiger partial charge on any atom is 0.261 e. The molecule has 1 amide bonds. The topological polar surface area (TPSA) is 95.3 Å². The van der Waals surface area contributed by atoms with Crippen LogP contribution in [0.5, 0.6) is 11.5 Å². The Morgan fingerprint density at radius 1 is 1.19 bits per heavy atom. The third-order valence-electron chi connectivity index (χ3n) is 4.06. The normalized spacial score (nSPS) is 10.6. The summed E-state index contributed by atoms with van der Waals surface area (Å²) in [5.41, 5.74) is 1.07. The zero-order valence-corrected chi connectivity index (χ0v) is 15.4. The highest BCUT2D eigenvalue weighted by Gasteiger charge is 2.12. The number of nitrogens with one attached hydrogen (secondary N) is 1. The van der Waals surface area contributed by atoms with Gasteiger partial charge in [0, 0.05) is 24.7 Å². The number of carbonyl (C=O) groups is 1. The minimum absolute atomic E-state index is 0.121. The third-order valence-corrected chi connectivity index (χ3v) is 4.06. The van der Waals surface area contributed by atoms with E-state index < -0.39 is 0 Å². The Hall–Kier alpha value is -3.42. The summed E-state index contributed by atoms with van der Waals surface area (Å²) < 4.78 is 11.9. The summed E-state index contributed by atoms with van der Waals surface area (Å²) in [6.45, 7) is 2.05. The molecule has 1 N–H and O–H groups in total. The first kappa shape index (κ1) is 18.4. The van der Waals surface area contributed by atoms with Gasteiger partial charge in [0.15, 0.2) is 11.5 Å². The van der Waals surface area contributed by atoms with E-state index in [1.165, 1.54) is 25.1 Å². The maximum absolute atomic E-state index is 12.7. The van der Waals surface area contributed by atoms with Crippen LogP contribution in [-0.2, 0) is 11.3 Å². The second kappa shape index (κ2) is 7.86. The molecule has 8 heteroatoms. The van der Waals surface area contributed by atoms with Gasteiger partial charge >= 0.3 is 0 Å². The van der Waals surface area contributed by atoms with Gasteiger partial charge in [-0.1, -0.05) is 6.07 Å². The number of amides is 1. The summed E-state index contributed by atoms with van der Waals surface area (Å²) in [4.78, 5) is 33.3. The zero-order valence-electron chi connectivity index (χ0n) is 15.4. The number of anilines is 1. The first-order valence-corrected chi connectivity index (χ1v) is 8.36. The SMILES string of the molecule is COc1cc2ncn(CCC(=O)Nc3cccc(C)n3)c(=O)c2cc1OC. The number of carbonyl (C=O) groups excluding carboxylic acids is 1. The molecule has 0 bridgehead atoms. The van der Waals surface area contributed by atoms with Gasteiger partial charge in [0.1, 0.15) is 5.82 Å². The molecular weight excluding hydrogens is 348 g/mol.